The first-order chi connectivity index (χ1) is 15.0. The van der Waals surface area contributed by atoms with Gasteiger partial charge in [0.1, 0.15) is 6.61 Å². The molecule has 2 fully saturated rings. The average Bonchev–Trinajstić information content (AvgIpc) is 3.02. The number of piperidine rings is 1. The number of hydrogen-bond acceptors (Lipinski definition) is 4. The summed E-state index contributed by atoms with van der Waals surface area (Å²) in [6.07, 6.45) is 7.74. The molecule has 31 heavy (non-hydrogen) atoms. The lowest BCUT2D eigenvalue weighted by molar-refractivity contribution is -0.135. The van der Waals surface area contributed by atoms with Crippen molar-refractivity contribution in [2.75, 3.05) is 26.2 Å². The van der Waals surface area contributed by atoms with Gasteiger partial charge in [-0.25, -0.2) is 0 Å². The molecule has 0 aliphatic carbocycles. The number of nitrogens with two attached hydrogens (primary N) is 1. The molecule has 2 amide bonds. The van der Waals surface area contributed by atoms with Crippen LogP contribution in [0.2, 0.25) is 0 Å². The summed E-state index contributed by atoms with van der Waals surface area (Å²) in [5.74, 6) is 0.467. The van der Waals surface area contributed by atoms with Gasteiger partial charge in [-0.05, 0) is 61.6 Å². The van der Waals surface area contributed by atoms with Gasteiger partial charge in [0.2, 0.25) is 11.8 Å². The Balaban J connectivity index is 1.55. The molecule has 172 valence electrons. The average molecular weight is 430 g/mol. The Morgan fingerprint density at radius 3 is 2.45 bits per heavy atom. The van der Waals surface area contributed by atoms with Crippen LogP contribution in [-0.4, -0.2) is 65.0 Å². The summed E-state index contributed by atoms with van der Waals surface area (Å²) in [5, 5.41) is 9.37. The number of primary amides is 1. The normalized spacial score (nSPS) is 23.3. The Morgan fingerprint density at radius 1 is 1.19 bits per heavy atom. The molecular weight excluding hydrogens is 390 g/mol. The summed E-state index contributed by atoms with van der Waals surface area (Å²) in [6, 6.07) is 8.97. The Bertz CT molecular complexity index is 735. The van der Waals surface area contributed by atoms with Crippen LogP contribution in [0, 0.1) is 5.92 Å². The first kappa shape index (κ1) is 23.7. The molecule has 3 atom stereocenters. The molecule has 1 unspecified atom stereocenters. The van der Waals surface area contributed by atoms with E-state index >= 15 is 0 Å². The molecule has 1 aromatic carbocycles. The van der Waals surface area contributed by atoms with E-state index in [0.29, 0.717) is 29.5 Å². The van der Waals surface area contributed by atoms with E-state index in [1.54, 1.807) is 6.07 Å². The standard InChI is InChI=1S/C25H39N3O3/c1-3-18(4-2)16-27(24(30)17-29)11-6-12-28-22-9-10-23(28)15-21(14-22)19-7-5-8-20(13-19)25(26)31/h5,7-8,13,18,21-23,29H,3-4,6,9-12,14-17H2,1-2H3,(H2,26,31)/t21?,22-,23+. The summed E-state index contributed by atoms with van der Waals surface area (Å²) < 4.78 is 0. The predicted molar refractivity (Wildman–Crippen MR) is 123 cm³/mol. The van der Waals surface area contributed by atoms with Crippen LogP contribution in [0.3, 0.4) is 0 Å². The van der Waals surface area contributed by atoms with Crippen molar-refractivity contribution in [1.82, 2.24) is 9.80 Å². The van der Waals surface area contributed by atoms with Gasteiger partial charge in [0, 0.05) is 37.3 Å². The van der Waals surface area contributed by atoms with Gasteiger partial charge in [-0.3, -0.25) is 14.5 Å². The van der Waals surface area contributed by atoms with Crippen molar-refractivity contribution in [2.24, 2.45) is 11.7 Å². The van der Waals surface area contributed by atoms with Crippen LogP contribution < -0.4 is 5.73 Å². The number of fused-ring (bicyclic) bond motifs is 2. The lowest BCUT2D eigenvalue weighted by Gasteiger charge is -2.39. The lowest BCUT2D eigenvalue weighted by Crippen LogP contribution is -2.44. The van der Waals surface area contributed by atoms with Crippen molar-refractivity contribution >= 4 is 11.8 Å². The third-order valence-corrected chi connectivity index (χ3v) is 7.49. The second-order valence-electron chi connectivity index (χ2n) is 9.31. The Kier molecular flexibility index (Phi) is 8.50. The highest BCUT2D eigenvalue weighted by Crippen LogP contribution is 2.43. The van der Waals surface area contributed by atoms with Crippen molar-refractivity contribution in [2.45, 2.75) is 76.8 Å². The number of amides is 2. The van der Waals surface area contributed by atoms with Gasteiger partial charge in [0.25, 0.3) is 0 Å². The molecule has 6 nitrogen and oxygen atoms in total. The number of carbonyl (C=O) groups excluding carboxylic acids is 2. The zero-order valence-electron chi connectivity index (χ0n) is 19.1. The van der Waals surface area contributed by atoms with E-state index in [9.17, 15) is 14.7 Å². The minimum atomic E-state index is -0.402. The van der Waals surface area contributed by atoms with Gasteiger partial charge in [0.15, 0.2) is 0 Å². The highest BCUT2D eigenvalue weighted by Gasteiger charge is 2.40. The number of aliphatic hydroxyl groups is 1. The molecule has 0 aromatic heterocycles. The number of benzene rings is 1. The van der Waals surface area contributed by atoms with Crippen LogP contribution in [0.5, 0.6) is 0 Å². The Hall–Kier alpha value is -1.92. The lowest BCUT2D eigenvalue weighted by atomic mass is 9.84. The smallest absolute Gasteiger partial charge is 0.248 e. The maximum absolute atomic E-state index is 12.2. The van der Waals surface area contributed by atoms with E-state index in [4.69, 9.17) is 5.73 Å². The summed E-state index contributed by atoms with van der Waals surface area (Å²) in [5.41, 5.74) is 7.30. The number of hydrogen-bond donors (Lipinski definition) is 2. The number of carbonyl (C=O) groups is 2. The van der Waals surface area contributed by atoms with Crippen molar-refractivity contribution in [3.8, 4) is 0 Å². The third kappa shape index (κ3) is 5.86. The van der Waals surface area contributed by atoms with Gasteiger partial charge in [0.05, 0.1) is 0 Å². The van der Waals surface area contributed by atoms with E-state index in [0.717, 1.165) is 51.7 Å². The molecule has 2 aliphatic rings. The van der Waals surface area contributed by atoms with Gasteiger partial charge in [-0.2, -0.15) is 0 Å². The molecule has 3 N–H and O–H groups in total. The van der Waals surface area contributed by atoms with Crippen LogP contribution in [-0.2, 0) is 4.79 Å². The summed E-state index contributed by atoms with van der Waals surface area (Å²) in [4.78, 5) is 28.3. The minimum absolute atomic E-state index is 0.150. The summed E-state index contributed by atoms with van der Waals surface area (Å²) in [6.45, 7) is 6.39. The van der Waals surface area contributed by atoms with Crippen molar-refractivity contribution < 1.29 is 14.7 Å². The van der Waals surface area contributed by atoms with E-state index in [1.807, 2.05) is 17.0 Å². The summed E-state index contributed by atoms with van der Waals surface area (Å²) >= 11 is 0. The largest absolute Gasteiger partial charge is 0.387 e. The highest BCUT2D eigenvalue weighted by atomic mass is 16.3. The molecule has 6 heteroatoms. The van der Waals surface area contributed by atoms with E-state index in [-0.39, 0.29) is 11.8 Å². The highest BCUT2D eigenvalue weighted by molar-refractivity contribution is 5.92. The molecule has 0 saturated carbocycles. The topological polar surface area (TPSA) is 86.9 Å². The van der Waals surface area contributed by atoms with Crippen molar-refractivity contribution in [3.63, 3.8) is 0 Å². The number of rotatable bonds is 11. The molecule has 0 spiro atoms. The number of aliphatic hydroxyl groups excluding tert-OH is 1. The molecule has 1 aromatic rings. The molecule has 2 saturated heterocycles. The minimum Gasteiger partial charge on any atom is -0.387 e. The fourth-order valence-corrected chi connectivity index (χ4v) is 5.58. The van der Waals surface area contributed by atoms with Gasteiger partial charge in [-0.1, -0.05) is 38.8 Å². The predicted octanol–water partition coefficient (Wildman–Crippen LogP) is 3.14. The van der Waals surface area contributed by atoms with Crippen LogP contribution in [0.1, 0.15) is 80.6 Å². The summed E-state index contributed by atoms with van der Waals surface area (Å²) in [7, 11) is 0. The fraction of sp³-hybridized carbons (Fsp3) is 0.680. The zero-order chi connectivity index (χ0) is 22.4. The van der Waals surface area contributed by atoms with E-state index in [1.165, 1.54) is 18.4 Å². The SMILES string of the molecule is CCC(CC)CN(CCCN1[C@@H]2CC[C@H]1CC(c1cccc(C(N)=O)c1)C2)C(=O)CO. The first-order valence-electron chi connectivity index (χ1n) is 12.0. The quantitative estimate of drug-likeness (QED) is 0.566. The molecular formula is C25H39N3O3. The number of nitrogens with zero attached hydrogens (tertiary/aromatic N) is 2. The Morgan fingerprint density at radius 2 is 1.87 bits per heavy atom. The van der Waals surface area contributed by atoms with Crippen LogP contribution in [0.4, 0.5) is 0 Å². The monoisotopic (exact) mass is 429 g/mol. The Labute approximate surface area is 186 Å². The third-order valence-electron chi connectivity index (χ3n) is 7.49. The molecule has 2 aliphatic heterocycles. The van der Waals surface area contributed by atoms with Crippen LogP contribution >= 0.6 is 0 Å². The molecule has 2 bridgehead atoms. The second-order valence-corrected chi connectivity index (χ2v) is 9.31. The first-order valence-corrected chi connectivity index (χ1v) is 12.0. The van der Waals surface area contributed by atoms with Gasteiger partial charge in [-0.15, -0.1) is 0 Å². The van der Waals surface area contributed by atoms with E-state index in [2.05, 4.69) is 24.8 Å². The van der Waals surface area contributed by atoms with E-state index < -0.39 is 6.61 Å². The maximum atomic E-state index is 12.2. The zero-order valence-corrected chi connectivity index (χ0v) is 19.1. The van der Waals surface area contributed by atoms with Crippen molar-refractivity contribution in [1.29, 1.82) is 0 Å². The molecule has 2 heterocycles. The second kappa shape index (κ2) is 11.1. The maximum Gasteiger partial charge on any atom is 0.248 e. The fourth-order valence-electron chi connectivity index (χ4n) is 5.58. The van der Waals surface area contributed by atoms with Gasteiger partial charge < -0.3 is 15.7 Å². The van der Waals surface area contributed by atoms with Crippen molar-refractivity contribution in [3.05, 3.63) is 35.4 Å². The van der Waals surface area contributed by atoms with Crippen LogP contribution in [0.15, 0.2) is 24.3 Å². The van der Waals surface area contributed by atoms with Gasteiger partial charge >= 0.3 is 0 Å². The molecule has 3 rings (SSSR count). The molecule has 0 radical (unpaired) electrons. The van der Waals surface area contributed by atoms with Crippen LogP contribution in [0.25, 0.3) is 0 Å².